The molecule has 4 N–H and O–H groups in total. The molecule has 0 heterocycles. The lowest BCUT2D eigenvalue weighted by atomic mass is 9.98. The number of alkyl halides is 8. The van der Waals surface area contributed by atoms with Crippen LogP contribution in [0.2, 0.25) is 0 Å². The third kappa shape index (κ3) is 2.13. The maximum Gasteiger partial charge on any atom is 0.383 e. The molecule has 0 aliphatic rings. The number of aliphatic hydroxyl groups excluding tert-OH is 2. The van der Waals surface area contributed by atoms with Crippen LogP contribution in [0.4, 0.5) is 35.1 Å². The van der Waals surface area contributed by atoms with E-state index >= 15 is 0 Å². The van der Waals surface area contributed by atoms with Crippen molar-refractivity contribution < 1.29 is 55.5 Å². The minimum Gasteiger partial charge on any atom is -0.363 e. The van der Waals surface area contributed by atoms with E-state index in [0.29, 0.717) is 0 Å². The Hall–Kier alpha value is -0.720. The molecule has 0 fully saturated rings. The van der Waals surface area contributed by atoms with Gasteiger partial charge in [-0.05, 0) is 0 Å². The molecule has 0 amide bonds. The smallest absolute Gasteiger partial charge is 0.363 e. The van der Waals surface area contributed by atoms with Gasteiger partial charge < -0.3 is 20.4 Å². The van der Waals surface area contributed by atoms with Gasteiger partial charge in [-0.1, -0.05) is 0 Å². The normalized spacial score (nSPS) is 15.7. The second-order valence-corrected chi connectivity index (χ2v) is 3.14. The van der Waals surface area contributed by atoms with Crippen molar-refractivity contribution in [2.24, 2.45) is 0 Å². The Balaban J connectivity index is 5.74. The quantitative estimate of drug-likeness (QED) is 0.430. The molecule has 0 saturated heterocycles. The molecule has 0 rings (SSSR count). The van der Waals surface area contributed by atoms with Gasteiger partial charge in [0.1, 0.15) is 0 Å². The Morgan fingerprint density at radius 2 is 0.667 bits per heavy atom. The zero-order valence-corrected chi connectivity index (χ0v) is 7.97. The fourth-order valence-electron chi connectivity index (χ4n) is 0.743. The third-order valence-electron chi connectivity index (χ3n) is 1.88. The van der Waals surface area contributed by atoms with Crippen molar-refractivity contribution in [2.75, 3.05) is 0 Å². The van der Waals surface area contributed by atoms with Crippen LogP contribution in [-0.2, 0) is 0 Å². The zero-order valence-electron chi connectivity index (χ0n) is 7.97. The highest BCUT2D eigenvalue weighted by Gasteiger charge is 2.83. The van der Waals surface area contributed by atoms with Crippen molar-refractivity contribution >= 4 is 0 Å². The van der Waals surface area contributed by atoms with E-state index in [9.17, 15) is 35.1 Å². The fraction of sp³-hybridized carbons (Fsp3) is 1.00. The van der Waals surface area contributed by atoms with Crippen LogP contribution in [0, 0.1) is 0 Å². The lowest BCUT2D eigenvalue weighted by molar-refractivity contribution is -0.417. The summed E-state index contributed by atoms with van der Waals surface area (Å²) < 4.78 is 99.8. The van der Waals surface area contributed by atoms with Crippen molar-refractivity contribution in [3.8, 4) is 0 Å². The highest BCUT2D eigenvalue weighted by Crippen LogP contribution is 2.53. The largest absolute Gasteiger partial charge is 0.383 e. The minimum atomic E-state index is -6.96. The third-order valence-corrected chi connectivity index (χ3v) is 1.88. The van der Waals surface area contributed by atoms with E-state index in [1.807, 2.05) is 0 Å². The van der Waals surface area contributed by atoms with Crippen molar-refractivity contribution in [3.63, 3.8) is 0 Å². The first kappa shape index (κ1) is 17.3. The lowest BCUT2D eigenvalue weighted by Gasteiger charge is -2.37. The number of hydrogen-bond acceptors (Lipinski definition) is 4. The summed E-state index contributed by atoms with van der Waals surface area (Å²) in [4.78, 5) is 0. The maximum atomic E-state index is 12.6. The molecule has 4 nitrogen and oxygen atoms in total. The zero-order chi connectivity index (χ0) is 15.2. The molecule has 0 aliphatic heterocycles. The summed E-state index contributed by atoms with van der Waals surface area (Å²) in [6, 6.07) is 0. The second-order valence-electron chi connectivity index (χ2n) is 3.14. The van der Waals surface area contributed by atoms with Crippen LogP contribution in [-0.4, -0.2) is 56.7 Å². The van der Waals surface area contributed by atoms with Gasteiger partial charge >= 0.3 is 23.7 Å². The monoisotopic (exact) mass is 294 g/mol. The number of hydrogen-bond donors (Lipinski definition) is 4. The molecule has 0 aromatic rings. The molecule has 0 atom stereocenters. The molecule has 0 spiro atoms. The lowest BCUT2D eigenvalue weighted by Crippen LogP contribution is -2.67. The molecular weight excluding hydrogens is 288 g/mol. The van der Waals surface area contributed by atoms with Gasteiger partial charge in [-0.2, -0.15) is 35.1 Å². The minimum absolute atomic E-state index is 4.37. The molecule has 110 valence electrons. The first-order chi connectivity index (χ1) is 7.64. The van der Waals surface area contributed by atoms with E-state index < -0.39 is 36.3 Å². The van der Waals surface area contributed by atoms with Crippen molar-refractivity contribution in [2.45, 2.75) is 36.3 Å². The van der Waals surface area contributed by atoms with Gasteiger partial charge in [0.2, 0.25) is 12.6 Å². The van der Waals surface area contributed by atoms with Gasteiger partial charge in [0, 0.05) is 0 Å². The predicted octanol–water partition coefficient (Wildman–Crippen LogP) is 0.149. The van der Waals surface area contributed by atoms with Gasteiger partial charge in [-0.3, -0.25) is 0 Å². The maximum absolute atomic E-state index is 12.6. The average molecular weight is 294 g/mol. The van der Waals surface area contributed by atoms with Gasteiger partial charge in [0.15, 0.2) is 0 Å². The molecular formula is C6H6F8O4. The highest BCUT2D eigenvalue weighted by molar-refractivity contribution is 5.05. The summed E-state index contributed by atoms with van der Waals surface area (Å²) in [5.74, 6) is -26.6. The van der Waals surface area contributed by atoms with Crippen LogP contribution in [0.1, 0.15) is 0 Å². The number of halogens is 8. The van der Waals surface area contributed by atoms with E-state index in [0.717, 1.165) is 0 Å². The van der Waals surface area contributed by atoms with E-state index in [-0.39, 0.29) is 0 Å². The van der Waals surface area contributed by atoms with Gasteiger partial charge in [-0.15, -0.1) is 0 Å². The van der Waals surface area contributed by atoms with Crippen LogP contribution in [0.25, 0.3) is 0 Å². The Morgan fingerprint density at radius 3 is 0.778 bits per heavy atom. The van der Waals surface area contributed by atoms with Crippen LogP contribution >= 0.6 is 0 Å². The van der Waals surface area contributed by atoms with Gasteiger partial charge in [-0.25, -0.2) is 0 Å². The van der Waals surface area contributed by atoms with Gasteiger partial charge in [0.05, 0.1) is 0 Å². The summed E-state index contributed by atoms with van der Waals surface area (Å²) >= 11 is 0. The summed E-state index contributed by atoms with van der Waals surface area (Å²) in [5, 5.41) is 31.2. The van der Waals surface area contributed by atoms with Crippen molar-refractivity contribution in [1.29, 1.82) is 0 Å². The summed E-state index contributed by atoms with van der Waals surface area (Å²) in [6.07, 6.45) is -8.74. The average Bonchev–Trinajstić information content (AvgIpc) is 2.15. The van der Waals surface area contributed by atoms with Crippen LogP contribution < -0.4 is 0 Å². The van der Waals surface area contributed by atoms with Crippen LogP contribution in [0.15, 0.2) is 0 Å². The topological polar surface area (TPSA) is 80.9 Å². The van der Waals surface area contributed by atoms with E-state index in [4.69, 9.17) is 20.4 Å². The summed E-state index contributed by atoms with van der Waals surface area (Å²) in [7, 11) is 0. The summed E-state index contributed by atoms with van der Waals surface area (Å²) in [6.45, 7) is 0. The molecule has 0 aromatic heterocycles. The molecule has 0 aliphatic carbocycles. The van der Waals surface area contributed by atoms with E-state index in [1.54, 1.807) is 0 Å². The fourth-order valence-corrected chi connectivity index (χ4v) is 0.743. The highest BCUT2D eigenvalue weighted by atomic mass is 19.4. The standard InChI is InChI=1S/C6H6F8O4/c7-3(8,1(15)16)5(11,12)6(13,14)4(9,10)2(17)18/h1-2,15-18H. The molecule has 18 heavy (non-hydrogen) atoms. The first-order valence-corrected chi connectivity index (χ1v) is 3.87. The number of aliphatic hydroxyl groups is 4. The van der Waals surface area contributed by atoms with E-state index in [1.165, 1.54) is 0 Å². The Morgan fingerprint density at radius 1 is 0.500 bits per heavy atom. The Kier molecular flexibility index (Phi) is 4.26. The van der Waals surface area contributed by atoms with Crippen LogP contribution in [0.3, 0.4) is 0 Å². The van der Waals surface area contributed by atoms with Crippen molar-refractivity contribution in [3.05, 3.63) is 0 Å². The Labute approximate surface area is 93.1 Å². The van der Waals surface area contributed by atoms with E-state index in [2.05, 4.69) is 0 Å². The Bertz CT molecular complexity index is 272. The molecule has 0 aromatic carbocycles. The van der Waals surface area contributed by atoms with Crippen LogP contribution in [0.5, 0.6) is 0 Å². The molecule has 0 unspecified atom stereocenters. The molecule has 0 bridgehead atoms. The molecule has 0 radical (unpaired) electrons. The first-order valence-electron chi connectivity index (χ1n) is 3.87. The molecule has 0 saturated carbocycles. The second kappa shape index (κ2) is 4.43. The predicted molar refractivity (Wildman–Crippen MR) is 36.2 cm³/mol. The van der Waals surface area contributed by atoms with Crippen molar-refractivity contribution in [1.82, 2.24) is 0 Å². The molecule has 12 heteroatoms. The number of rotatable bonds is 5. The van der Waals surface area contributed by atoms with Gasteiger partial charge in [0.25, 0.3) is 0 Å². The summed E-state index contributed by atoms with van der Waals surface area (Å²) in [5.41, 5.74) is 0. The SMILES string of the molecule is OC(O)C(F)(F)C(F)(F)C(F)(F)C(F)(F)C(O)O.